The summed E-state index contributed by atoms with van der Waals surface area (Å²) in [7, 11) is 0. The van der Waals surface area contributed by atoms with Crippen LogP contribution in [0.5, 0.6) is 0 Å². The van der Waals surface area contributed by atoms with Crippen LogP contribution in [0, 0.1) is 0 Å². The molecule has 0 unspecified atom stereocenters. The molecule has 4 nitrogen and oxygen atoms in total. The lowest BCUT2D eigenvalue weighted by molar-refractivity contribution is -0.137. The molecule has 0 amide bonds. The van der Waals surface area contributed by atoms with E-state index in [-0.39, 0.29) is 17.7 Å². The molecule has 0 N–H and O–H groups in total. The molecule has 0 radical (unpaired) electrons. The molecule has 24 heavy (non-hydrogen) atoms. The number of Topliss-reactive ketones (excluding diaryl/α,β-unsaturated/α-hetero) is 1. The van der Waals surface area contributed by atoms with Crippen LogP contribution >= 0.6 is 0 Å². The fraction of sp³-hybridized carbons (Fsp3) is 0.118. The van der Waals surface area contributed by atoms with Crippen molar-refractivity contribution >= 4 is 16.7 Å². The third-order valence-corrected chi connectivity index (χ3v) is 3.58. The number of hydrogen-bond donors (Lipinski definition) is 0. The predicted molar refractivity (Wildman–Crippen MR) is 81.8 cm³/mol. The summed E-state index contributed by atoms with van der Waals surface area (Å²) >= 11 is 0. The number of carbonyl (C=O) groups excluding carboxylic acids is 1. The maximum absolute atomic E-state index is 12.5. The number of hydrogen-bond acceptors (Lipinski definition) is 3. The van der Waals surface area contributed by atoms with Crippen LogP contribution in [0.1, 0.15) is 15.9 Å². The lowest BCUT2D eigenvalue weighted by Gasteiger charge is -2.08. The van der Waals surface area contributed by atoms with Crippen LogP contribution in [-0.4, -0.2) is 15.3 Å². The van der Waals surface area contributed by atoms with Gasteiger partial charge in [0.1, 0.15) is 0 Å². The molecule has 1 heterocycles. The fourth-order valence-electron chi connectivity index (χ4n) is 2.31. The van der Waals surface area contributed by atoms with E-state index < -0.39 is 17.5 Å². The summed E-state index contributed by atoms with van der Waals surface area (Å²) in [6.07, 6.45) is -3.20. The summed E-state index contributed by atoms with van der Waals surface area (Å²) in [5, 5.41) is 0.375. The van der Waals surface area contributed by atoms with E-state index in [0.29, 0.717) is 10.9 Å². The molecule has 0 saturated carbocycles. The molecular weight excluding hydrogens is 321 g/mol. The number of rotatable bonds is 3. The second-order valence-corrected chi connectivity index (χ2v) is 5.19. The summed E-state index contributed by atoms with van der Waals surface area (Å²) in [4.78, 5) is 28.6. The summed E-state index contributed by atoms with van der Waals surface area (Å²) < 4.78 is 38.7. The quantitative estimate of drug-likeness (QED) is 0.692. The number of nitrogens with zero attached hydrogens (tertiary/aromatic N) is 2. The lowest BCUT2D eigenvalue weighted by Crippen LogP contribution is -2.24. The molecule has 3 rings (SSSR count). The minimum Gasteiger partial charge on any atom is -0.292 e. The maximum atomic E-state index is 12.5. The van der Waals surface area contributed by atoms with Gasteiger partial charge in [-0.1, -0.05) is 24.3 Å². The molecule has 2 aromatic carbocycles. The molecule has 0 spiro atoms. The highest BCUT2D eigenvalue weighted by Crippen LogP contribution is 2.29. The van der Waals surface area contributed by atoms with Crippen LogP contribution in [0.15, 0.2) is 59.7 Å². The van der Waals surface area contributed by atoms with Gasteiger partial charge in [0.15, 0.2) is 5.78 Å². The lowest BCUT2D eigenvalue weighted by atomic mass is 10.1. The molecule has 0 saturated heterocycles. The van der Waals surface area contributed by atoms with Crippen LogP contribution in [0.4, 0.5) is 13.2 Å². The number of halogens is 3. The van der Waals surface area contributed by atoms with Crippen molar-refractivity contribution in [3.63, 3.8) is 0 Å². The molecule has 0 fully saturated rings. The SMILES string of the molecule is O=C(Cn1cnc2ccccc2c1=O)c1ccc(C(F)(F)F)cc1. The zero-order chi connectivity index (χ0) is 17.3. The minimum atomic E-state index is -4.46. The van der Waals surface area contributed by atoms with Gasteiger partial charge in [-0.25, -0.2) is 4.98 Å². The Morgan fingerprint density at radius 1 is 1.04 bits per heavy atom. The zero-order valence-electron chi connectivity index (χ0n) is 12.2. The van der Waals surface area contributed by atoms with Crippen molar-refractivity contribution in [3.8, 4) is 0 Å². The average Bonchev–Trinajstić information content (AvgIpc) is 2.57. The van der Waals surface area contributed by atoms with E-state index >= 15 is 0 Å². The number of para-hydroxylation sites is 1. The Kier molecular flexibility index (Phi) is 3.92. The predicted octanol–water partition coefficient (Wildman–Crippen LogP) is 3.30. The topological polar surface area (TPSA) is 52.0 Å². The van der Waals surface area contributed by atoms with Crippen LogP contribution in [0.3, 0.4) is 0 Å². The van der Waals surface area contributed by atoms with Crippen LogP contribution in [0.2, 0.25) is 0 Å². The van der Waals surface area contributed by atoms with Gasteiger partial charge >= 0.3 is 6.18 Å². The highest BCUT2D eigenvalue weighted by atomic mass is 19.4. The smallest absolute Gasteiger partial charge is 0.292 e. The Labute approximate surface area is 134 Å². The Morgan fingerprint density at radius 3 is 2.38 bits per heavy atom. The number of alkyl halides is 3. The third-order valence-electron chi connectivity index (χ3n) is 3.58. The standard InChI is InChI=1S/C17H11F3N2O2/c18-17(19,20)12-7-5-11(6-8-12)15(23)9-22-10-21-14-4-2-1-3-13(14)16(22)24/h1-8,10H,9H2. The molecule has 0 aliphatic rings. The highest BCUT2D eigenvalue weighted by molar-refractivity contribution is 5.96. The number of aromatic nitrogens is 2. The van der Waals surface area contributed by atoms with Crippen LogP contribution in [0.25, 0.3) is 10.9 Å². The summed E-state index contributed by atoms with van der Waals surface area (Å²) in [5.74, 6) is -0.470. The molecule has 0 aliphatic heterocycles. The Hall–Kier alpha value is -2.96. The van der Waals surface area contributed by atoms with Crippen LogP contribution in [-0.2, 0) is 12.7 Å². The van der Waals surface area contributed by atoms with Gasteiger partial charge in [-0.2, -0.15) is 13.2 Å². The second kappa shape index (κ2) is 5.92. The van der Waals surface area contributed by atoms with Gasteiger partial charge < -0.3 is 0 Å². The number of benzene rings is 2. The number of carbonyl (C=O) groups is 1. The van der Waals surface area contributed by atoms with Crippen molar-refractivity contribution in [1.82, 2.24) is 9.55 Å². The summed E-state index contributed by atoms with van der Waals surface area (Å²) in [6, 6.07) is 10.6. The van der Waals surface area contributed by atoms with E-state index in [1.165, 1.54) is 6.33 Å². The molecule has 3 aromatic rings. The van der Waals surface area contributed by atoms with Crippen LogP contribution < -0.4 is 5.56 Å². The fourth-order valence-corrected chi connectivity index (χ4v) is 2.31. The van der Waals surface area contributed by atoms with Gasteiger partial charge in [0.25, 0.3) is 5.56 Å². The Bertz CT molecular complexity index is 960. The van der Waals surface area contributed by atoms with Gasteiger partial charge in [0, 0.05) is 5.56 Å². The van der Waals surface area contributed by atoms with Crippen molar-refractivity contribution < 1.29 is 18.0 Å². The van der Waals surface area contributed by atoms with Gasteiger partial charge in [-0.05, 0) is 24.3 Å². The van der Waals surface area contributed by atoms with E-state index in [0.717, 1.165) is 28.8 Å². The number of ketones is 1. The minimum absolute atomic E-state index is 0.100. The summed E-state index contributed by atoms with van der Waals surface area (Å²) in [5.41, 5.74) is -0.590. The van der Waals surface area contributed by atoms with E-state index in [1.807, 2.05) is 0 Å². The molecule has 0 bridgehead atoms. The molecule has 0 aliphatic carbocycles. The first kappa shape index (κ1) is 15.9. The van der Waals surface area contributed by atoms with E-state index in [1.54, 1.807) is 24.3 Å². The largest absolute Gasteiger partial charge is 0.416 e. The van der Waals surface area contributed by atoms with E-state index in [4.69, 9.17) is 0 Å². The van der Waals surface area contributed by atoms with Gasteiger partial charge in [0.05, 0.1) is 29.3 Å². The summed E-state index contributed by atoms with van der Waals surface area (Å²) in [6.45, 7) is -0.290. The number of fused-ring (bicyclic) bond motifs is 1. The van der Waals surface area contributed by atoms with Gasteiger partial charge in [-0.15, -0.1) is 0 Å². The average molecular weight is 332 g/mol. The van der Waals surface area contributed by atoms with Crippen molar-refractivity contribution in [3.05, 3.63) is 76.3 Å². The molecular formula is C17H11F3N2O2. The van der Waals surface area contributed by atoms with Crippen molar-refractivity contribution in [1.29, 1.82) is 0 Å². The van der Waals surface area contributed by atoms with Gasteiger partial charge in [0.2, 0.25) is 0 Å². The first-order valence-corrected chi connectivity index (χ1v) is 7.01. The maximum Gasteiger partial charge on any atom is 0.416 e. The first-order valence-electron chi connectivity index (χ1n) is 7.01. The monoisotopic (exact) mass is 332 g/mol. The Balaban J connectivity index is 1.87. The highest BCUT2D eigenvalue weighted by Gasteiger charge is 2.30. The zero-order valence-corrected chi connectivity index (χ0v) is 12.2. The first-order chi connectivity index (χ1) is 11.4. The second-order valence-electron chi connectivity index (χ2n) is 5.19. The molecule has 0 atom stereocenters. The van der Waals surface area contributed by atoms with E-state index in [9.17, 15) is 22.8 Å². The van der Waals surface area contributed by atoms with Crippen molar-refractivity contribution in [2.24, 2.45) is 0 Å². The van der Waals surface area contributed by atoms with Crippen molar-refractivity contribution in [2.45, 2.75) is 12.7 Å². The normalized spacial score (nSPS) is 11.6. The molecule has 122 valence electrons. The molecule has 7 heteroatoms. The van der Waals surface area contributed by atoms with E-state index in [2.05, 4.69) is 4.98 Å². The van der Waals surface area contributed by atoms with Crippen molar-refractivity contribution in [2.75, 3.05) is 0 Å². The molecule has 1 aromatic heterocycles. The Morgan fingerprint density at radius 2 is 1.71 bits per heavy atom. The third kappa shape index (κ3) is 3.05. The van der Waals surface area contributed by atoms with Gasteiger partial charge in [-0.3, -0.25) is 14.2 Å².